The molecule has 0 radical (unpaired) electrons. The van der Waals surface area contributed by atoms with E-state index in [4.69, 9.17) is 5.73 Å². The summed E-state index contributed by atoms with van der Waals surface area (Å²) < 4.78 is 15.4. The average Bonchev–Trinajstić information content (AvgIpc) is 2.85. The first kappa shape index (κ1) is 30.2. The highest BCUT2D eigenvalue weighted by Crippen LogP contribution is 2.52. The Morgan fingerprint density at radius 2 is 1.83 bits per heavy atom. The molecule has 0 spiro atoms. The predicted molar refractivity (Wildman–Crippen MR) is 143 cm³/mol. The fourth-order valence-corrected chi connectivity index (χ4v) is 6.06. The first-order valence-electron chi connectivity index (χ1n) is 13.1. The zero-order chi connectivity index (χ0) is 30.8. The van der Waals surface area contributed by atoms with Gasteiger partial charge in [-0.3, -0.25) is 24.1 Å². The number of aliphatic hydroxyl groups is 3. The van der Waals surface area contributed by atoms with Crippen molar-refractivity contribution in [1.82, 2.24) is 15.5 Å². The Hall–Kier alpha value is -3.81. The molecule has 0 heterocycles. The van der Waals surface area contributed by atoms with Crippen molar-refractivity contribution in [3.8, 4) is 5.75 Å². The Labute approximate surface area is 235 Å². The van der Waals surface area contributed by atoms with Crippen molar-refractivity contribution in [3.05, 3.63) is 51.2 Å². The second-order valence-electron chi connectivity index (χ2n) is 12.1. The van der Waals surface area contributed by atoms with Crippen LogP contribution >= 0.6 is 0 Å². The molecule has 0 aromatic heterocycles. The van der Waals surface area contributed by atoms with Gasteiger partial charge >= 0.3 is 0 Å². The number of amides is 2. The van der Waals surface area contributed by atoms with E-state index in [2.05, 4.69) is 10.6 Å². The molecule has 3 aliphatic carbocycles. The van der Waals surface area contributed by atoms with E-state index in [-0.39, 0.29) is 42.6 Å². The van der Waals surface area contributed by atoms with Gasteiger partial charge in [0.15, 0.2) is 11.4 Å². The molecule has 0 fully saturated rings. The summed E-state index contributed by atoms with van der Waals surface area (Å²) in [7, 11) is 3.04. The summed E-state index contributed by atoms with van der Waals surface area (Å²) in [6.45, 7) is 5.26. The molecule has 4 atom stereocenters. The van der Waals surface area contributed by atoms with Gasteiger partial charge in [0.25, 0.3) is 5.91 Å². The van der Waals surface area contributed by atoms with Gasteiger partial charge in [0.2, 0.25) is 11.7 Å². The van der Waals surface area contributed by atoms with E-state index < -0.39 is 86.7 Å². The van der Waals surface area contributed by atoms with Crippen LogP contribution in [0, 0.1) is 17.7 Å². The number of hydrogen-bond acceptors (Lipinski definition) is 10. The summed E-state index contributed by atoms with van der Waals surface area (Å²) >= 11 is 0. The van der Waals surface area contributed by atoms with E-state index in [9.17, 15) is 39.6 Å². The lowest BCUT2D eigenvalue weighted by Crippen LogP contribution is -2.63. The lowest BCUT2D eigenvalue weighted by Gasteiger charge is -2.50. The number of nitrogens with zero attached hydrogens (tertiary/aromatic N) is 1. The second-order valence-corrected chi connectivity index (χ2v) is 12.1. The lowest BCUT2D eigenvalue weighted by atomic mass is 9.58. The summed E-state index contributed by atoms with van der Waals surface area (Å²) in [5, 5.41) is 50.3. The van der Waals surface area contributed by atoms with Crippen molar-refractivity contribution in [1.29, 1.82) is 0 Å². The number of nitrogens with one attached hydrogen (secondary N) is 2. The zero-order valence-corrected chi connectivity index (χ0v) is 23.5. The minimum atomic E-state index is -2.79. The van der Waals surface area contributed by atoms with E-state index in [1.54, 1.807) is 0 Å². The maximum atomic E-state index is 15.4. The first-order valence-corrected chi connectivity index (χ1v) is 13.1. The quantitative estimate of drug-likeness (QED) is 0.231. The molecule has 0 saturated heterocycles. The fourth-order valence-electron chi connectivity index (χ4n) is 6.06. The number of ketones is 2. The van der Waals surface area contributed by atoms with Gasteiger partial charge in [-0.2, -0.15) is 0 Å². The number of likely N-dealkylation sites (N-methyl/N-ethyl adjacent to an activating group) is 1. The molecule has 3 aliphatic rings. The van der Waals surface area contributed by atoms with E-state index in [1.807, 2.05) is 20.8 Å². The number of carbonyl (C=O) groups excluding carboxylic acids is 4. The largest absolute Gasteiger partial charge is 0.510 e. The number of Topliss-reactive ketones (excluding diaryl/α,β-unsaturated/α-hetero) is 2. The van der Waals surface area contributed by atoms with Crippen LogP contribution in [0.15, 0.2) is 28.7 Å². The van der Waals surface area contributed by atoms with Crippen LogP contribution in [0.1, 0.15) is 48.7 Å². The highest BCUT2D eigenvalue weighted by atomic mass is 19.1. The third-order valence-electron chi connectivity index (χ3n) is 8.00. The van der Waals surface area contributed by atoms with Crippen LogP contribution in [-0.4, -0.2) is 86.5 Å². The van der Waals surface area contributed by atoms with Crippen LogP contribution in [-0.2, 0) is 27.3 Å². The van der Waals surface area contributed by atoms with E-state index in [0.29, 0.717) is 0 Å². The van der Waals surface area contributed by atoms with Crippen LogP contribution in [0.2, 0.25) is 0 Å². The fraction of sp³-hybridized carbons (Fsp3) is 0.500. The van der Waals surface area contributed by atoms with Crippen LogP contribution in [0.25, 0.3) is 0 Å². The molecule has 41 heavy (non-hydrogen) atoms. The number of carbonyl (C=O) groups is 4. The Bertz CT molecular complexity index is 1430. The maximum Gasteiger partial charge on any atom is 0.255 e. The molecule has 1 aromatic rings. The molecule has 0 saturated carbocycles. The summed E-state index contributed by atoms with van der Waals surface area (Å²) in [5.41, 5.74) is 0.231. The van der Waals surface area contributed by atoms with Crippen molar-refractivity contribution >= 4 is 23.4 Å². The Balaban J connectivity index is 1.76. The number of rotatable bonds is 6. The van der Waals surface area contributed by atoms with Crippen molar-refractivity contribution in [3.63, 3.8) is 0 Å². The third kappa shape index (κ3) is 4.87. The first-order chi connectivity index (χ1) is 18.9. The Morgan fingerprint density at radius 3 is 2.39 bits per heavy atom. The Kier molecular flexibility index (Phi) is 7.52. The van der Waals surface area contributed by atoms with Gasteiger partial charge in [0.1, 0.15) is 28.7 Å². The Morgan fingerprint density at radius 1 is 1.20 bits per heavy atom. The molecule has 13 heteroatoms. The van der Waals surface area contributed by atoms with Crippen molar-refractivity contribution in [2.24, 2.45) is 17.6 Å². The smallest absolute Gasteiger partial charge is 0.255 e. The van der Waals surface area contributed by atoms with Crippen LogP contribution in [0.5, 0.6) is 5.75 Å². The number of fused-ring (bicyclic) bond motifs is 3. The minimum Gasteiger partial charge on any atom is -0.510 e. The SMILES string of the molecule is CN(C)[C@@H]1C(O)=C(C(N)=O)C(=O)[C@@]2(O)C(O)=C3C(=O)c4c(O)c(CNC(=O)CNC(C)(C)C)cc(F)c4C[C@H]3C[C@@H]12. The summed E-state index contributed by atoms with van der Waals surface area (Å²) in [5.74, 6) is -9.36. The molecular weight excluding hydrogens is 539 g/mol. The van der Waals surface area contributed by atoms with Crippen LogP contribution in [0.4, 0.5) is 4.39 Å². The van der Waals surface area contributed by atoms with Gasteiger partial charge in [0, 0.05) is 34.7 Å². The molecule has 0 bridgehead atoms. The highest BCUT2D eigenvalue weighted by molar-refractivity contribution is 6.24. The minimum absolute atomic E-state index is 0.0436. The summed E-state index contributed by atoms with van der Waals surface area (Å²) in [4.78, 5) is 52.8. The van der Waals surface area contributed by atoms with Gasteiger partial charge in [-0.25, -0.2) is 4.39 Å². The van der Waals surface area contributed by atoms with Gasteiger partial charge in [-0.05, 0) is 59.7 Å². The van der Waals surface area contributed by atoms with Gasteiger partial charge in [-0.15, -0.1) is 0 Å². The van der Waals surface area contributed by atoms with Crippen molar-refractivity contribution < 1.29 is 44.0 Å². The number of aliphatic hydroxyl groups excluding tert-OH is 2. The second kappa shape index (κ2) is 10.2. The lowest BCUT2D eigenvalue weighted by molar-refractivity contribution is -0.148. The van der Waals surface area contributed by atoms with Gasteiger partial charge in [0.05, 0.1) is 18.2 Å². The number of aromatic hydroxyl groups is 1. The van der Waals surface area contributed by atoms with Gasteiger partial charge < -0.3 is 36.8 Å². The standard InChI is InChI=1S/C28H35FN4O8/c1-27(2,3)32-10-16(34)31-9-12-8-15(29)13-6-11-7-14-20(33(4)5)23(37)19(26(30)40)25(39)28(14,41)24(38)17(11)22(36)18(13)21(12)35/h8,11,14,20,32,35,37-38,41H,6-7,9-10H2,1-5H3,(H2,30,40)(H,31,34)/t11-,14-,20-,28-/m0/s1. The number of phenolic OH excluding ortho intramolecular Hbond substituents is 1. The topological polar surface area (TPSA) is 203 Å². The molecule has 0 unspecified atom stereocenters. The predicted octanol–water partition coefficient (Wildman–Crippen LogP) is 0.264. The molecule has 1 aromatic carbocycles. The van der Waals surface area contributed by atoms with E-state index in [0.717, 1.165) is 6.07 Å². The molecule has 2 amide bonds. The molecule has 222 valence electrons. The van der Waals surface area contributed by atoms with Crippen LogP contribution in [0.3, 0.4) is 0 Å². The summed E-state index contributed by atoms with van der Waals surface area (Å²) in [6.07, 6.45) is -0.319. The highest BCUT2D eigenvalue weighted by Gasteiger charge is 2.63. The van der Waals surface area contributed by atoms with Crippen LogP contribution < -0.4 is 16.4 Å². The number of phenols is 1. The molecule has 4 rings (SSSR count). The number of halogens is 1. The monoisotopic (exact) mass is 574 g/mol. The number of nitrogens with two attached hydrogens (primary N) is 1. The van der Waals surface area contributed by atoms with Gasteiger partial charge in [-0.1, -0.05) is 0 Å². The zero-order valence-electron chi connectivity index (χ0n) is 23.5. The third-order valence-corrected chi connectivity index (χ3v) is 8.00. The molecular formula is C28H35FN4O8. The molecule has 0 aliphatic heterocycles. The van der Waals surface area contributed by atoms with Crippen molar-refractivity contribution in [2.45, 2.75) is 57.3 Å². The van der Waals surface area contributed by atoms with E-state index >= 15 is 4.39 Å². The van der Waals surface area contributed by atoms with Crippen molar-refractivity contribution in [2.75, 3.05) is 20.6 Å². The number of benzene rings is 1. The van der Waals surface area contributed by atoms with E-state index in [1.165, 1.54) is 19.0 Å². The number of primary amides is 1. The molecule has 8 N–H and O–H groups in total. The average molecular weight is 575 g/mol. The molecule has 12 nitrogen and oxygen atoms in total. The maximum absolute atomic E-state index is 15.4. The number of hydrogen-bond donors (Lipinski definition) is 7. The number of allylic oxidation sites excluding steroid dienone is 1. The summed E-state index contributed by atoms with van der Waals surface area (Å²) in [6, 6.07) is -0.120. The normalized spacial score (nSPS) is 26.1.